The molecule has 2 rings (SSSR count). The van der Waals surface area contributed by atoms with Crippen LogP contribution in [0.15, 0.2) is 48.5 Å². The predicted octanol–water partition coefficient (Wildman–Crippen LogP) is 3.61. The molecule has 0 saturated heterocycles. The van der Waals surface area contributed by atoms with Crippen molar-refractivity contribution in [2.75, 3.05) is 11.9 Å². The molecular formula is C18H18Cl2N2O3. The van der Waals surface area contributed by atoms with Crippen molar-refractivity contribution in [2.45, 2.75) is 18.9 Å². The molecule has 2 aromatic carbocycles. The fourth-order valence-corrected chi connectivity index (χ4v) is 2.72. The van der Waals surface area contributed by atoms with E-state index in [1.54, 1.807) is 12.1 Å². The molecule has 1 atom stereocenters. The molecular weight excluding hydrogens is 363 g/mol. The first-order valence-corrected chi connectivity index (χ1v) is 8.46. The Kier molecular flexibility index (Phi) is 7.25. The number of carboxylic acids is 1. The van der Waals surface area contributed by atoms with E-state index in [1.807, 2.05) is 30.3 Å². The summed E-state index contributed by atoms with van der Waals surface area (Å²) in [7, 11) is 0. The lowest BCUT2D eigenvalue weighted by Crippen LogP contribution is -2.40. The Hall–Kier alpha value is -2.08. The Balaban J connectivity index is 1.87. The summed E-state index contributed by atoms with van der Waals surface area (Å²) in [4.78, 5) is 23.4. The van der Waals surface area contributed by atoms with Crippen LogP contribution in [0.5, 0.6) is 0 Å². The van der Waals surface area contributed by atoms with Crippen molar-refractivity contribution in [3.05, 3.63) is 64.1 Å². The van der Waals surface area contributed by atoms with Gasteiger partial charge in [0.15, 0.2) is 0 Å². The van der Waals surface area contributed by atoms with E-state index in [-0.39, 0.29) is 6.42 Å². The largest absolute Gasteiger partial charge is 0.480 e. The number of hydrogen-bond acceptors (Lipinski definition) is 3. The number of amides is 1. The lowest BCUT2D eigenvalue weighted by Gasteiger charge is -2.15. The fourth-order valence-electron chi connectivity index (χ4n) is 2.26. The normalized spacial score (nSPS) is 11.8. The van der Waals surface area contributed by atoms with Crippen LogP contribution in [0.25, 0.3) is 0 Å². The highest BCUT2D eigenvalue weighted by Gasteiger charge is 2.21. The minimum absolute atomic E-state index is 0.205. The van der Waals surface area contributed by atoms with Crippen LogP contribution < -0.4 is 10.6 Å². The van der Waals surface area contributed by atoms with Crippen molar-refractivity contribution in [3.63, 3.8) is 0 Å². The van der Waals surface area contributed by atoms with Gasteiger partial charge in [0.1, 0.15) is 6.04 Å². The Morgan fingerprint density at radius 1 is 1.08 bits per heavy atom. The number of hydrogen-bond donors (Lipinski definition) is 3. The van der Waals surface area contributed by atoms with E-state index in [9.17, 15) is 14.7 Å². The maximum Gasteiger partial charge on any atom is 0.321 e. The van der Waals surface area contributed by atoms with Crippen LogP contribution in [0.2, 0.25) is 10.0 Å². The van der Waals surface area contributed by atoms with E-state index in [2.05, 4.69) is 10.6 Å². The first-order chi connectivity index (χ1) is 12.0. The number of halogens is 2. The number of carbonyl (C=O) groups excluding carboxylic acids is 1. The van der Waals surface area contributed by atoms with Crippen LogP contribution >= 0.6 is 23.2 Å². The molecule has 132 valence electrons. The molecule has 0 saturated carbocycles. The van der Waals surface area contributed by atoms with Gasteiger partial charge in [0.05, 0.1) is 17.1 Å². The van der Waals surface area contributed by atoms with E-state index >= 15 is 0 Å². The SMILES string of the molecule is O=C(CC(NCCc1ccccc1)C(=O)O)Nc1ccc(Cl)cc1Cl. The van der Waals surface area contributed by atoms with Gasteiger partial charge in [-0.3, -0.25) is 9.59 Å². The van der Waals surface area contributed by atoms with E-state index in [0.29, 0.717) is 28.7 Å². The van der Waals surface area contributed by atoms with Crippen LogP contribution in [0.1, 0.15) is 12.0 Å². The van der Waals surface area contributed by atoms with Gasteiger partial charge in [-0.2, -0.15) is 0 Å². The monoisotopic (exact) mass is 380 g/mol. The topological polar surface area (TPSA) is 78.4 Å². The maximum atomic E-state index is 12.1. The minimum atomic E-state index is -1.08. The summed E-state index contributed by atoms with van der Waals surface area (Å²) < 4.78 is 0. The zero-order valence-electron chi connectivity index (χ0n) is 13.3. The molecule has 0 aliphatic carbocycles. The first-order valence-electron chi connectivity index (χ1n) is 7.70. The molecule has 5 nitrogen and oxygen atoms in total. The lowest BCUT2D eigenvalue weighted by molar-refractivity contribution is -0.141. The molecule has 0 aliphatic rings. The highest BCUT2D eigenvalue weighted by Crippen LogP contribution is 2.25. The highest BCUT2D eigenvalue weighted by molar-refractivity contribution is 6.36. The molecule has 0 heterocycles. The summed E-state index contributed by atoms with van der Waals surface area (Å²) in [6, 6.07) is 13.4. The lowest BCUT2D eigenvalue weighted by atomic mass is 10.1. The Bertz CT molecular complexity index is 738. The molecule has 1 amide bonds. The van der Waals surface area contributed by atoms with Crippen molar-refractivity contribution in [1.29, 1.82) is 0 Å². The smallest absolute Gasteiger partial charge is 0.321 e. The van der Waals surface area contributed by atoms with Gasteiger partial charge in [-0.05, 0) is 36.7 Å². The number of anilines is 1. The van der Waals surface area contributed by atoms with Gasteiger partial charge in [0, 0.05) is 5.02 Å². The molecule has 3 N–H and O–H groups in total. The van der Waals surface area contributed by atoms with Crippen LogP contribution in [0.3, 0.4) is 0 Å². The second-order valence-corrected chi connectivity index (χ2v) is 6.30. The zero-order chi connectivity index (χ0) is 18.2. The number of aliphatic carboxylic acids is 1. The van der Waals surface area contributed by atoms with E-state index in [4.69, 9.17) is 23.2 Å². The van der Waals surface area contributed by atoms with Crippen molar-refractivity contribution >= 4 is 40.8 Å². The third-order valence-corrected chi connectivity index (χ3v) is 4.09. The molecule has 0 fully saturated rings. The Labute approximate surface area is 156 Å². The standard InChI is InChI=1S/C18H18Cl2N2O3/c19-13-6-7-15(14(20)10-13)22-17(23)11-16(18(24)25)21-9-8-12-4-2-1-3-5-12/h1-7,10,16,21H,8-9,11H2,(H,22,23)(H,24,25). The van der Waals surface area contributed by atoms with E-state index < -0.39 is 17.9 Å². The van der Waals surface area contributed by atoms with Crippen LogP contribution in [-0.4, -0.2) is 29.6 Å². The average molecular weight is 381 g/mol. The van der Waals surface area contributed by atoms with Gasteiger partial charge in [0.25, 0.3) is 0 Å². The van der Waals surface area contributed by atoms with Crippen molar-refractivity contribution in [1.82, 2.24) is 5.32 Å². The zero-order valence-corrected chi connectivity index (χ0v) is 14.8. The molecule has 0 aliphatic heterocycles. The van der Waals surface area contributed by atoms with Gasteiger partial charge < -0.3 is 15.7 Å². The Morgan fingerprint density at radius 3 is 2.44 bits per heavy atom. The highest BCUT2D eigenvalue weighted by atomic mass is 35.5. The van der Waals surface area contributed by atoms with Crippen LogP contribution in [0.4, 0.5) is 5.69 Å². The summed E-state index contributed by atoms with van der Waals surface area (Å²) >= 11 is 11.8. The third kappa shape index (κ3) is 6.38. The van der Waals surface area contributed by atoms with E-state index in [0.717, 1.165) is 5.56 Å². The minimum Gasteiger partial charge on any atom is -0.480 e. The number of carbonyl (C=O) groups is 2. The number of carboxylic acid groups (broad SMARTS) is 1. The van der Waals surface area contributed by atoms with E-state index in [1.165, 1.54) is 6.07 Å². The summed E-state index contributed by atoms with van der Waals surface area (Å²) in [6.45, 7) is 0.454. The average Bonchev–Trinajstić information content (AvgIpc) is 2.57. The van der Waals surface area contributed by atoms with Crippen LogP contribution in [0, 0.1) is 0 Å². The van der Waals surface area contributed by atoms with Crippen molar-refractivity contribution < 1.29 is 14.7 Å². The van der Waals surface area contributed by atoms with Gasteiger partial charge in [-0.15, -0.1) is 0 Å². The fraction of sp³-hybridized carbons (Fsp3) is 0.222. The number of rotatable bonds is 8. The molecule has 2 aromatic rings. The molecule has 7 heteroatoms. The summed E-state index contributed by atoms with van der Waals surface area (Å²) in [6.07, 6.45) is 0.471. The quantitative estimate of drug-likeness (QED) is 0.653. The Morgan fingerprint density at radius 2 is 1.80 bits per heavy atom. The number of benzene rings is 2. The first kappa shape index (κ1) is 19.2. The van der Waals surface area contributed by atoms with Gasteiger partial charge in [-0.25, -0.2) is 0 Å². The molecule has 0 spiro atoms. The molecule has 0 aromatic heterocycles. The third-order valence-electron chi connectivity index (χ3n) is 3.54. The van der Waals surface area contributed by atoms with Crippen LogP contribution in [-0.2, 0) is 16.0 Å². The second-order valence-electron chi connectivity index (χ2n) is 5.46. The molecule has 0 bridgehead atoms. The van der Waals surface area contributed by atoms with Gasteiger partial charge >= 0.3 is 5.97 Å². The maximum absolute atomic E-state index is 12.1. The van der Waals surface area contributed by atoms with Crippen molar-refractivity contribution in [2.24, 2.45) is 0 Å². The second kappa shape index (κ2) is 9.42. The van der Waals surface area contributed by atoms with Crippen molar-refractivity contribution in [3.8, 4) is 0 Å². The molecule has 25 heavy (non-hydrogen) atoms. The molecule has 1 unspecified atom stereocenters. The molecule has 0 radical (unpaired) electrons. The summed E-state index contributed by atoms with van der Waals surface area (Å²) in [5, 5.41) is 15.5. The number of nitrogens with one attached hydrogen (secondary N) is 2. The summed E-state index contributed by atoms with van der Waals surface area (Å²) in [5.74, 6) is -1.52. The summed E-state index contributed by atoms with van der Waals surface area (Å²) in [5.41, 5.74) is 1.49. The van der Waals surface area contributed by atoms with Gasteiger partial charge in [-0.1, -0.05) is 53.5 Å². The van der Waals surface area contributed by atoms with Gasteiger partial charge in [0.2, 0.25) is 5.91 Å². The predicted molar refractivity (Wildman–Crippen MR) is 99.3 cm³/mol.